The molecule has 0 saturated heterocycles. The highest BCUT2D eigenvalue weighted by Crippen LogP contribution is 2.25. The lowest BCUT2D eigenvalue weighted by atomic mass is 10.1. The third-order valence-corrected chi connectivity index (χ3v) is 2.87. The van der Waals surface area contributed by atoms with E-state index in [1.54, 1.807) is 7.11 Å². The summed E-state index contributed by atoms with van der Waals surface area (Å²) in [4.78, 5) is 11.1. The summed E-state index contributed by atoms with van der Waals surface area (Å²) < 4.78 is 23.4. The first kappa shape index (κ1) is 17.2. The van der Waals surface area contributed by atoms with E-state index in [-0.39, 0.29) is 11.3 Å². The zero-order valence-corrected chi connectivity index (χ0v) is 12.0. The number of nitrogens with one attached hydrogen (secondary N) is 1. The Morgan fingerprint density at radius 1 is 1.33 bits per heavy atom. The van der Waals surface area contributed by atoms with Gasteiger partial charge >= 0.3 is 5.97 Å². The lowest BCUT2D eigenvalue weighted by molar-refractivity contribution is 0.0690. The van der Waals surface area contributed by atoms with Crippen LogP contribution < -0.4 is 11.1 Å². The molecule has 118 valence electrons. The standard InChI is InChI=1S/C14H21FN2O4/c1-20-8-9-21-7-3-2-6-17-11-5-4-10(15)13(16)12(11)14(18)19/h4-5,17H,2-3,6-9,16H2,1H3,(H,18,19). The van der Waals surface area contributed by atoms with Gasteiger partial charge in [0, 0.05) is 20.3 Å². The zero-order chi connectivity index (χ0) is 15.7. The van der Waals surface area contributed by atoms with Gasteiger partial charge in [-0.1, -0.05) is 0 Å². The third kappa shape index (κ3) is 5.57. The van der Waals surface area contributed by atoms with Crippen molar-refractivity contribution in [2.24, 2.45) is 0 Å². The van der Waals surface area contributed by atoms with Crippen LogP contribution in [0.25, 0.3) is 0 Å². The van der Waals surface area contributed by atoms with Crippen LogP contribution in [0.5, 0.6) is 0 Å². The van der Waals surface area contributed by atoms with Crippen molar-refractivity contribution in [3.63, 3.8) is 0 Å². The monoisotopic (exact) mass is 300 g/mol. The number of nitrogen functional groups attached to an aromatic ring is 1. The molecule has 0 atom stereocenters. The van der Waals surface area contributed by atoms with Crippen molar-refractivity contribution in [3.05, 3.63) is 23.5 Å². The number of unbranched alkanes of at least 4 members (excludes halogenated alkanes) is 1. The molecule has 0 spiro atoms. The molecule has 1 aromatic carbocycles. The number of nitrogens with two attached hydrogens (primary N) is 1. The summed E-state index contributed by atoms with van der Waals surface area (Å²) in [5.41, 5.74) is 5.19. The van der Waals surface area contributed by atoms with E-state index in [1.165, 1.54) is 6.07 Å². The summed E-state index contributed by atoms with van der Waals surface area (Å²) in [6.07, 6.45) is 1.62. The number of ether oxygens (including phenoxy) is 2. The maximum Gasteiger partial charge on any atom is 0.340 e. The van der Waals surface area contributed by atoms with Crippen LogP contribution in [0, 0.1) is 5.82 Å². The number of carboxylic acids is 1. The van der Waals surface area contributed by atoms with Crippen LogP contribution >= 0.6 is 0 Å². The number of methoxy groups -OCH3 is 1. The molecule has 1 aromatic rings. The first-order valence-corrected chi connectivity index (χ1v) is 6.69. The van der Waals surface area contributed by atoms with Crippen LogP contribution in [0.3, 0.4) is 0 Å². The molecule has 0 fully saturated rings. The minimum absolute atomic E-state index is 0.230. The SMILES string of the molecule is COCCOCCCCNc1ccc(F)c(N)c1C(=O)O. The van der Waals surface area contributed by atoms with Crippen molar-refractivity contribution in [2.45, 2.75) is 12.8 Å². The molecule has 0 heterocycles. The Kier molecular flexibility index (Phi) is 7.49. The average molecular weight is 300 g/mol. The van der Waals surface area contributed by atoms with Gasteiger partial charge in [0.1, 0.15) is 11.4 Å². The highest BCUT2D eigenvalue weighted by Gasteiger charge is 2.16. The van der Waals surface area contributed by atoms with E-state index in [0.717, 1.165) is 18.9 Å². The number of aromatic carboxylic acids is 1. The molecule has 0 bridgehead atoms. The van der Waals surface area contributed by atoms with Gasteiger partial charge in [0.05, 0.1) is 24.6 Å². The average Bonchev–Trinajstić information content (AvgIpc) is 2.45. The van der Waals surface area contributed by atoms with Crippen LogP contribution in [-0.4, -0.2) is 44.6 Å². The number of hydrogen-bond donors (Lipinski definition) is 3. The van der Waals surface area contributed by atoms with E-state index in [4.69, 9.17) is 20.3 Å². The summed E-state index contributed by atoms with van der Waals surface area (Å²) in [7, 11) is 1.61. The molecular formula is C14H21FN2O4. The number of halogens is 1. The lowest BCUT2D eigenvalue weighted by Gasteiger charge is -2.12. The fraction of sp³-hybridized carbons (Fsp3) is 0.500. The van der Waals surface area contributed by atoms with Crippen LogP contribution in [0.15, 0.2) is 12.1 Å². The van der Waals surface area contributed by atoms with Crippen molar-refractivity contribution < 1.29 is 23.8 Å². The van der Waals surface area contributed by atoms with E-state index in [9.17, 15) is 9.18 Å². The molecular weight excluding hydrogens is 279 g/mol. The number of carbonyl (C=O) groups is 1. The first-order valence-electron chi connectivity index (χ1n) is 6.69. The van der Waals surface area contributed by atoms with Crippen LogP contribution in [-0.2, 0) is 9.47 Å². The van der Waals surface area contributed by atoms with Crippen molar-refractivity contribution >= 4 is 17.3 Å². The first-order chi connectivity index (χ1) is 10.1. The Balaban J connectivity index is 2.39. The largest absolute Gasteiger partial charge is 0.478 e. The molecule has 0 aliphatic heterocycles. The van der Waals surface area contributed by atoms with Gasteiger partial charge in [0.2, 0.25) is 0 Å². The molecule has 0 unspecified atom stereocenters. The van der Waals surface area contributed by atoms with Gasteiger partial charge in [-0.3, -0.25) is 0 Å². The Morgan fingerprint density at radius 2 is 2.10 bits per heavy atom. The lowest BCUT2D eigenvalue weighted by Crippen LogP contribution is -2.12. The normalized spacial score (nSPS) is 10.6. The Morgan fingerprint density at radius 3 is 2.76 bits per heavy atom. The second-order valence-corrected chi connectivity index (χ2v) is 4.43. The predicted octanol–water partition coefficient (Wildman–Crippen LogP) is 1.96. The van der Waals surface area contributed by atoms with E-state index >= 15 is 0 Å². The summed E-state index contributed by atoms with van der Waals surface area (Å²) in [5.74, 6) is -1.98. The van der Waals surface area contributed by atoms with Crippen molar-refractivity contribution in [1.82, 2.24) is 0 Å². The maximum absolute atomic E-state index is 13.3. The van der Waals surface area contributed by atoms with Gasteiger partial charge in [0.25, 0.3) is 0 Å². The van der Waals surface area contributed by atoms with Crippen LogP contribution in [0.1, 0.15) is 23.2 Å². The quantitative estimate of drug-likeness (QED) is 0.452. The van der Waals surface area contributed by atoms with E-state index in [0.29, 0.717) is 32.1 Å². The summed E-state index contributed by atoms with van der Waals surface area (Å²) in [5, 5.41) is 12.0. The molecule has 0 aromatic heterocycles. The number of carboxylic acid groups (broad SMARTS) is 1. The molecule has 0 radical (unpaired) electrons. The smallest absolute Gasteiger partial charge is 0.340 e. The Labute approximate surface area is 123 Å². The molecule has 0 aliphatic carbocycles. The molecule has 0 amide bonds. The molecule has 1 rings (SSSR count). The molecule has 6 nitrogen and oxygen atoms in total. The summed E-state index contributed by atoms with van der Waals surface area (Å²) >= 11 is 0. The number of hydrogen-bond acceptors (Lipinski definition) is 5. The zero-order valence-electron chi connectivity index (χ0n) is 12.0. The highest BCUT2D eigenvalue weighted by molar-refractivity contribution is 6.00. The van der Waals surface area contributed by atoms with E-state index in [2.05, 4.69) is 5.32 Å². The fourth-order valence-corrected chi connectivity index (χ4v) is 1.77. The maximum atomic E-state index is 13.3. The van der Waals surface area contributed by atoms with Gasteiger partial charge in [-0.2, -0.15) is 0 Å². The molecule has 4 N–H and O–H groups in total. The second-order valence-electron chi connectivity index (χ2n) is 4.43. The minimum atomic E-state index is -1.25. The van der Waals surface area contributed by atoms with Crippen LogP contribution in [0.2, 0.25) is 0 Å². The Hall–Kier alpha value is -1.86. The second kappa shape index (κ2) is 9.15. The van der Waals surface area contributed by atoms with Gasteiger partial charge < -0.3 is 25.6 Å². The molecule has 0 saturated carbocycles. The third-order valence-electron chi connectivity index (χ3n) is 2.87. The van der Waals surface area contributed by atoms with Gasteiger partial charge in [0.15, 0.2) is 0 Å². The van der Waals surface area contributed by atoms with E-state index in [1.807, 2.05) is 0 Å². The van der Waals surface area contributed by atoms with E-state index < -0.39 is 11.8 Å². The number of benzene rings is 1. The predicted molar refractivity (Wildman–Crippen MR) is 78.2 cm³/mol. The van der Waals surface area contributed by atoms with Gasteiger partial charge in [-0.25, -0.2) is 9.18 Å². The van der Waals surface area contributed by atoms with Crippen molar-refractivity contribution in [3.8, 4) is 0 Å². The van der Waals surface area contributed by atoms with Gasteiger partial charge in [-0.15, -0.1) is 0 Å². The summed E-state index contributed by atoms with van der Waals surface area (Å²) in [6, 6.07) is 2.53. The highest BCUT2D eigenvalue weighted by atomic mass is 19.1. The molecule has 7 heteroatoms. The van der Waals surface area contributed by atoms with Gasteiger partial charge in [-0.05, 0) is 25.0 Å². The topological polar surface area (TPSA) is 93.8 Å². The van der Waals surface area contributed by atoms with Crippen molar-refractivity contribution in [1.29, 1.82) is 0 Å². The van der Waals surface area contributed by atoms with Crippen molar-refractivity contribution in [2.75, 3.05) is 44.5 Å². The molecule has 0 aliphatic rings. The summed E-state index contributed by atoms with van der Waals surface area (Å²) in [6.45, 7) is 2.29. The van der Waals surface area contributed by atoms with Crippen LogP contribution in [0.4, 0.5) is 15.8 Å². The Bertz CT molecular complexity index is 469. The number of anilines is 2. The molecule has 21 heavy (non-hydrogen) atoms. The number of rotatable bonds is 10. The minimum Gasteiger partial charge on any atom is -0.478 e. The fourth-order valence-electron chi connectivity index (χ4n) is 1.77.